The highest BCUT2D eigenvalue weighted by Crippen LogP contribution is 2.60. The van der Waals surface area contributed by atoms with Crippen LogP contribution in [0.3, 0.4) is 0 Å². The van der Waals surface area contributed by atoms with E-state index in [1.165, 1.54) is 38.5 Å². The van der Waals surface area contributed by atoms with E-state index >= 15 is 0 Å². The van der Waals surface area contributed by atoms with Gasteiger partial charge in [0.1, 0.15) is 0 Å². The van der Waals surface area contributed by atoms with Crippen LogP contribution in [0.25, 0.3) is 0 Å². The molecule has 0 saturated heterocycles. The average molecular weight is 307 g/mol. The van der Waals surface area contributed by atoms with Crippen LogP contribution in [-0.2, 0) is 5.41 Å². The first kappa shape index (κ1) is 14.1. The molecule has 0 aliphatic heterocycles. The van der Waals surface area contributed by atoms with Gasteiger partial charge in [0.25, 0.3) is 5.22 Å². The van der Waals surface area contributed by atoms with Gasteiger partial charge in [0.15, 0.2) is 0 Å². The molecular weight excluding hydrogens is 282 g/mol. The lowest BCUT2D eigenvalue weighted by atomic mass is 9.49. The molecule has 5 rings (SSSR count). The van der Waals surface area contributed by atoms with Crippen molar-refractivity contribution in [2.75, 3.05) is 26.4 Å². The Hall–Kier alpha value is -0.550. The summed E-state index contributed by atoms with van der Waals surface area (Å²) in [5, 5.41) is 9.52. The smallest absolute Gasteiger partial charge is 0.276 e. The Morgan fingerprint density at radius 3 is 2.29 bits per heavy atom. The van der Waals surface area contributed by atoms with Gasteiger partial charge in [0.2, 0.25) is 5.89 Å². The second-order valence-corrected chi connectivity index (χ2v) is 8.77. The molecule has 0 atom stereocenters. The van der Waals surface area contributed by atoms with Crippen LogP contribution in [0.5, 0.6) is 0 Å². The molecule has 1 aromatic heterocycles. The zero-order chi connectivity index (χ0) is 14.4. The van der Waals surface area contributed by atoms with Gasteiger partial charge in [0, 0.05) is 17.7 Å². The number of rotatable bonds is 5. The molecule has 4 nitrogen and oxygen atoms in total. The number of hydrogen-bond acceptors (Lipinski definition) is 5. The number of aromatic nitrogens is 2. The molecule has 5 heteroatoms. The van der Waals surface area contributed by atoms with Crippen molar-refractivity contribution in [2.24, 2.45) is 17.8 Å². The van der Waals surface area contributed by atoms with Gasteiger partial charge >= 0.3 is 0 Å². The Kier molecular flexibility index (Phi) is 3.53. The molecule has 4 saturated carbocycles. The van der Waals surface area contributed by atoms with Gasteiger partial charge in [-0.1, -0.05) is 11.8 Å². The molecule has 0 radical (unpaired) electrons. The maximum Gasteiger partial charge on any atom is 0.276 e. The first-order chi connectivity index (χ1) is 10.1. The average Bonchev–Trinajstić information content (AvgIpc) is 2.86. The van der Waals surface area contributed by atoms with Crippen molar-refractivity contribution in [3.8, 4) is 0 Å². The second-order valence-electron chi connectivity index (χ2n) is 7.72. The van der Waals surface area contributed by atoms with E-state index in [9.17, 15) is 0 Å². The first-order valence-corrected chi connectivity index (χ1v) is 9.23. The summed E-state index contributed by atoms with van der Waals surface area (Å²) < 4.78 is 6.07. The van der Waals surface area contributed by atoms with E-state index in [4.69, 9.17) is 4.42 Å². The van der Waals surface area contributed by atoms with Crippen LogP contribution in [0.4, 0.5) is 0 Å². The van der Waals surface area contributed by atoms with Crippen LogP contribution in [0, 0.1) is 17.8 Å². The van der Waals surface area contributed by atoms with Crippen LogP contribution in [0.1, 0.15) is 44.4 Å². The van der Waals surface area contributed by atoms with Crippen LogP contribution in [0.2, 0.25) is 0 Å². The maximum absolute atomic E-state index is 6.07. The molecule has 21 heavy (non-hydrogen) atoms. The minimum absolute atomic E-state index is 0.238. The Bertz CT molecular complexity index is 478. The third kappa shape index (κ3) is 2.63. The van der Waals surface area contributed by atoms with Crippen LogP contribution < -0.4 is 0 Å². The zero-order valence-corrected chi connectivity index (χ0v) is 13.9. The molecule has 4 aliphatic carbocycles. The van der Waals surface area contributed by atoms with E-state index in [0.29, 0.717) is 0 Å². The van der Waals surface area contributed by atoms with Gasteiger partial charge in [-0.3, -0.25) is 0 Å². The number of thioether (sulfide) groups is 1. The van der Waals surface area contributed by atoms with Crippen molar-refractivity contribution in [2.45, 2.75) is 49.2 Å². The largest absolute Gasteiger partial charge is 0.415 e. The molecule has 4 bridgehead atoms. The van der Waals surface area contributed by atoms with Crippen molar-refractivity contribution in [3.05, 3.63) is 5.89 Å². The third-order valence-electron chi connectivity index (χ3n) is 5.66. The Labute approximate surface area is 131 Å². The predicted molar refractivity (Wildman–Crippen MR) is 83.4 cm³/mol. The van der Waals surface area contributed by atoms with Crippen molar-refractivity contribution in [1.82, 2.24) is 15.1 Å². The summed E-state index contributed by atoms with van der Waals surface area (Å²) in [5.74, 6) is 4.73. The molecule has 0 amide bonds. The molecule has 1 aromatic rings. The SMILES string of the molecule is CN(C)CCSc1nnc(C23CC4CC(CC(C4)C2)C3)o1. The van der Waals surface area contributed by atoms with Gasteiger partial charge < -0.3 is 9.32 Å². The lowest BCUT2D eigenvalue weighted by Gasteiger charge is -2.55. The van der Waals surface area contributed by atoms with Gasteiger partial charge in [-0.05, 0) is 70.4 Å². The van der Waals surface area contributed by atoms with E-state index in [0.717, 1.165) is 41.2 Å². The molecule has 4 fully saturated rings. The van der Waals surface area contributed by atoms with E-state index in [-0.39, 0.29) is 5.41 Å². The van der Waals surface area contributed by atoms with Gasteiger partial charge in [-0.15, -0.1) is 10.2 Å². The fourth-order valence-electron chi connectivity index (χ4n) is 5.17. The lowest BCUT2D eigenvalue weighted by molar-refractivity contribution is -0.0191. The zero-order valence-electron chi connectivity index (χ0n) is 13.0. The number of hydrogen-bond donors (Lipinski definition) is 0. The van der Waals surface area contributed by atoms with Crippen molar-refractivity contribution in [3.63, 3.8) is 0 Å². The quantitative estimate of drug-likeness (QED) is 0.782. The van der Waals surface area contributed by atoms with E-state index in [1.54, 1.807) is 11.8 Å². The standard InChI is InChI=1S/C16H25N3OS/c1-19(2)3-4-21-15-18-17-14(20-15)16-8-11-5-12(9-16)7-13(6-11)10-16/h11-13H,3-10H2,1-2H3. The summed E-state index contributed by atoms with van der Waals surface area (Å²) >= 11 is 1.69. The molecular formula is C16H25N3OS. The summed E-state index contributed by atoms with van der Waals surface area (Å²) in [6.45, 7) is 1.04. The van der Waals surface area contributed by atoms with Crippen molar-refractivity contribution < 1.29 is 4.42 Å². The summed E-state index contributed by atoms with van der Waals surface area (Å²) in [6, 6.07) is 0. The summed E-state index contributed by atoms with van der Waals surface area (Å²) in [6.07, 6.45) is 8.25. The molecule has 0 unspecified atom stereocenters. The monoisotopic (exact) mass is 307 g/mol. The minimum atomic E-state index is 0.238. The molecule has 0 spiro atoms. The highest BCUT2D eigenvalue weighted by molar-refractivity contribution is 7.99. The molecule has 0 aromatic carbocycles. The van der Waals surface area contributed by atoms with E-state index < -0.39 is 0 Å². The summed E-state index contributed by atoms with van der Waals surface area (Å²) in [4.78, 5) is 2.18. The first-order valence-electron chi connectivity index (χ1n) is 8.24. The topological polar surface area (TPSA) is 42.2 Å². The van der Waals surface area contributed by atoms with Crippen LogP contribution in [-0.4, -0.2) is 41.5 Å². The summed E-state index contributed by atoms with van der Waals surface area (Å²) in [5.41, 5.74) is 0.238. The van der Waals surface area contributed by atoms with Crippen LogP contribution >= 0.6 is 11.8 Å². The van der Waals surface area contributed by atoms with E-state index in [2.05, 4.69) is 29.2 Å². The normalized spacial score (nSPS) is 37.6. The highest BCUT2D eigenvalue weighted by atomic mass is 32.2. The molecule has 1 heterocycles. The Morgan fingerprint density at radius 1 is 1.10 bits per heavy atom. The van der Waals surface area contributed by atoms with Crippen LogP contribution in [0.15, 0.2) is 9.64 Å². The fraction of sp³-hybridized carbons (Fsp3) is 0.875. The predicted octanol–water partition coefficient (Wildman–Crippen LogP) is 3.19. The van der Waals surface area contributed by atoms with Crippen molar-refractivity contribution >= 4 is 11.8 Å². The number of nitrogens with zero attached hydrogens (tertiary/aromatic N) is 3. The van der Waals surface area contributed by atoms with Gasteiger partial charge in [-0.2, -0.15) is 0 Å². The maximum atomic E-state index is 6.07. The van der Waals surface area contributed by atoms with Gasteiger partial charge in [-0.25, -0.2) is 0 Å². The third-order valence-corrected chi connectivity index (χ3v) is 6.46. The summed E-state index contributed by atoms with van der Waals surface area (Å²) in [7, 11) is 4.18. The van der Waals surface area contributed by atoms with E-state index in [1.807, 2.05) is 0 Å². The molecule has 0 N–H and O–H groups in total. The molecule has 116 valence electrons. The second kappa shape index (κ2) is 5.27. The lowest BCUT2D eigenvalue weighted by Crippen LogP contribution is -2.48. The van der Waals surface area contributed by atoms with Crippen molar-refractivity contribution in [1.29, 1.82) is 0 Å². The Balaban J connectivity index is 1.48. The highest BCUT2D eigenvalue weighted by Gasteiger charge is 2.54. The fourth-order valence-corrected chi connectivity index (χ4v) is 6.04. The minimum Gasteiger partial charge on any atom is -0.415 e. The van der Waals surface area contributed by atoms with Gasteiger partial charge in [0.05, 0.1) is 0 Å². The molecule has 4 aliphatic rings. The Morgan fingerprint density at radius 2 is 1.71 bits per heavy atom.